The number of anilines is 1. The molecule has 6 nitrogen and oxygen atoms in total. The zero-order chi connectivity index (χ0) is 20.7. The Labute approximate surface area is 165 Å². The van der Waals surface area contributed by atoms with Gasteiger partial charge in [-0.3, -0.25) is 14.4 Å². The van der Waals surface area contributed by atoms with E-state index in [1.54, 1.807) is 48.5 Å². The first-order valence-corrected chi connectivity index (χ1v) is 9.14. The van der Waals surface area contributed by atoms with Crippen molar-refractivity contribution in [2.75, 3.05) is 11.9 Å². The minimum atomic E-state index is -0.840. The van der Waals surface area contributed by atoms with Crippen molar-refractivity contribution in [1.82, 2.24) is 5.32 Å². The number of carboxylic acid groups (broad SMARTS) is 1. The summed E-state index contributed by atoms with van der Waals surface area (Å²) in [6.45, 7) is 6.69. The molecule has 2 aromatic rings. The number of amides is 2. The summed E-state index contributed by atoms with van der Waals surface area (Å²) in [5.41, 5.74) is 2.46. The summed E-state index contributed by atoms with van der Waals surface area (Å²) in [7, 11) is 0. The number of rotatable bonds is 7. The van der Waals surface area contributed by atoms with Crippen molar-refractivity contribution >= 4 is 23.5 Å². The normalized spacial score (nSPS) is 11.0. The minimum Gasteiger partial charge on any atom is -0.481 e. The Balaban J connectivity index is 1.93. The van der Waals surface area contributed by atoms with Crippen LogP contribution in [0.2, 0.25) is 0 Å². The van der Waals surface area contributed by atoms with Crippen LogP contribution in [0.3, 0.4) is 0 Å². The van der Waals surface area contributed by atoms with Gasteiger partial charge in [0.15, 0.2) is 0 Å². The lowest BCUT2D eigenvalue weighted by Gasteiger charge is -2.18. The fraction of sp³-hybridized carbons (Fsp3) is 0.318. The molecule has 2 amide bonds. The van der Waals surface area contributed by atoms with E-state index in [9.17, 15) is 14.4 Å². The van der Waals surface area contributed by atoms with Crippen LogP contribution in [0.5, 0.6) is 0 Å². The molecule has 2 rings (SSSR count). The maximum absolute atomic E-state index is 12.4. The molecule has 0 fully saturated rings. The third-order valence-electron chi connectivity index (χ3n) is 4.03. The van der Waals surface area contributed by atoms with Crippen LogP contribution in [0, 0.1) is 5.41 Å². The van der Waals surface area contributed by atoms with Crippen molar-refractivity contribution in [3.8, 4) is 0 Å². The average Bonchev–Trinajstić information content (AvgIpc) is 2.65. The van der Waals surface area contributed by atoms with E-state index < -0.39 is 5.97 Å². The quantitative estimate of drug-likeness (QED) is 0.680. The van der Waals surface area contributed by atoms with Gasteiger partial charge in [0, 0.05) is 29.8 Å². The van der Waals surface area contributed by atoms with Gasteiger partial charge in [0.25, 0.3) is 11.8 Å². The maximum Gasteiger partial charge on any atom is 0.303 e. The molecule has 148 valence electrons. The van der Waals surface area contributed by atoms with Crippen molar-refractivity contribution in [2.24, 2.45) is 5.41 Å². The molecule has 0 aliphatic carbocycles. The molecular formula is C22H26N2O4. The number of hydrogen-bond donors (Lipinski definition) is 3. The molecule has 2 aromatic carbocycles. The molecule has 0 saturated carbocycles. The van der Waals surface area contributed by atoms with Gasteiger partial charge in [-0.2, -0.15) is 0 Å². The second-order valence-corrected chi connectivity index (χ2v) is 7.87. The van der Waals surface area contributed by atoms with Gasteiger partial charge in [-0.15, -0.1) is 0 Å². The van der Waals surface area contributed by atoms with Gasteiger partial charge in [0.05, 0.1) is 0 Å². The first kappa shape index (κ1) is 21.2. The molecule has 0 aromatic heterocycles. The fourth-order valence-corrected chi connectivity index (χ4v) is 2.43. The predicted molar refractivity (Wildman–Crippen MR) is 109 cm³/mol. The molecule has 0 aliphatic rings. The molecule has 0 bridgehead atoms. The number of carboxylic acids is 1. The van der Waals surface area contributed by atoms with Gasteiger partial charge in [-0.25, -0.2) is 0 Å². The van der Waals surface area contributed by atoms with E-state index in [-0.39, 0.29) is 23.7 Å². The Morgan fingerprint density at radius 3 is 1.89 bits per heavy atom. The maximum atomic E-state index is 12.4. The highest BCUT2D eigenvalue weighted by Gasteiger charge is 2.14. The Kier molecular flexibility index (Phi) is 6.93. The van der Waals surface area contributed by atoms with E-state index in [2.05, 4.69) is 10.6 Å². The van der Waals surface area contributed by atoms with Crippen LogP contribution in [0.25, 0.3) is 0 Å². The average molecular weight is 382 g/mol. The monoisotopic (exact) mass is 382 g/mol. The van der Waals surface area contributed by atoms with Crippen LogP contribution in [0.4, 0.5) is 5.69 Å². The van der Waals surface area contributed by atoms with Crippen LogP contribution in [0.1, 0.15) is 53.5 Å². The van der Waals surface area contributed by atoms with E-state index >= 15 is 0 Å². The summed E-state index contributed by atoms with van der Waals surface area (Å²) in [4.78, 5) is 35.1. The van der Waals surface area contributed by atoms with Gasteiger partial charge in [-0.05, 0) is 53.8 Å². The minimum absolute atomic E-state index is 0.00133. The Morgan fingerprint density at radius 2 is 1.39 bits per heavy atom. The van der Waals surface area contributed by atoms with E-state index in [4.69, 9.17) is 5.11 Å². The number of benzene rings is 2. The zero-order valence-electron chi connectivity index (χ0n) is 16.4. The van der Waals surface area contributed by atoms with E-state index in [0.717, 1.165) is 5.56 Å². The van der Waals surface area contributed by atoms with Crippen LogP contribution < -0.4 is 10.6 Å². The van der Waals surface area contributed by atoms with E-state index in [1.165, 1.54) is 0 Å². The molecule has 3 N–H and O–H groups in total. The second-order valence-electron chi connectivity index (χ2n) is 7.87. The number of hydrogen-bond acceptors (Lipinski definition) is 3. The topological polar surface area (TPSA) is 95.5 Å². The Bertz CT molecular complexity index is 834. The van der Waals surface area contributed by atoms with Crippen LogP contribution in [-0.2, 0) is 11.2 Å². The molecule has 0 heterocycles. The summed E-state index contributed by atoms with van der Waals surface area (Å²) in [6.07, 6.45) is 0.518. The first-order valence-electron chi connectivity index (χ1n) is 9.14. The van der Waals surface area contributed by atoms with Crippen LogP contribution in [0.15, 0.2) is 48.5 Å². The van der Waals surface area contributed by atoms with Crippen molar-refractivity contribution < 1.29 is 19.5 Å². The van der Waals surface area contributed by atoms with Crippen molar-refractivity contribution in [3.05, 3.63) is 65.2 Å². The second kappa shape index (κ2) is 9.17. The number of carbonyl (C=O) groups is 3. The lowest BCUT2D eigenvalue weighted by Crippen LogP contribution is -2.32. The molecule has 0 aliphatic heterocycles. The standard InChI is InChI=1S/C22H26N2O4/c1-22(2,3)14-23-20(27)16-7-9-17(10-8-16)21(28)24-18-11-4-15(5-12-18)6-13-19(25)26/h4-5,7-12H,6,13-14H2,1-3H3,(H,23,27)(H,24,28)(H,25,26). The lowest BCUT2D eigenvalue weighted by molar-refractivity contribution is -0.136. The summed E-state index contributed by atoms with van der Waals surface area (Å²) >= 11 is 0. The van der Waals surface area contributed by atoms with Crippen LogP contribution in [-0.4, -0.2) is 29.4 Å². The van der Waals surface area contributed by atoms with Gasteiger partial charge in [-0.1, -0.05) is 32.9 Å². The summed E-state index contributed by atoms with van der Waals surface area (Å²) in [5.74, 6) is -1.29. The third-order valence-corrected chi connectivity index (χ3v) is 4.03. The largest absolute Gasteiger partial charge is 0.481 e. The summed E-state index contributed by atoms with van der Waals surface area (Å²) in [5, 5.41) is 14.4. The van der Waals surface area contributed by atoms with Crippen molar-refractivity contribution in [1.29, 1.82) is 0 Å². The van der Waals surface area contributed by atoms with Crippen molar-refractivity contribution in [2.45, 2.75) is 33.6 Å². The molecule has 0 radical (unpaired) electrons. The smallest absolute Gasteiger partial charge is 0.303 e. The Morgan fingerprint density at radius 1 is 0.857 bits per heavy atom. The molecule has 6 heteroatoms. The van der Waals surface area contributed by atoms with Gasteiger partial charge in [0.2, 0.25) is 0 Å². The third kappa shape index (κ3) is 6.87. The summed E-state index contributed by atoms with van der Waals surface area (Å²) < 4.78 is 0. The van der Waals surface area contributed by atoms with Crippen molar-refractivity contribution in [3.63, 3.8) is 0 Å². The molecule has 28 heavy (non-hydrogen) atoms. The first-order chi connectivity index (χ1) is 13.1. The highest BCUT2D eigenvalue weighted by molar-refractivity contribution is 6.05. The highest BCUT2D eigenvalue weighted by Crippen LogP contribution is 2.14. The number of carbonyl (C=O) groups excluding carboxylic acids is 2. The highest BCUT2D eigenvalue weighted by atomic mass is 16.4. The van der Waals surface area contributed by atoms with E-state index in [0.29, 0.717) is 29.8 Å². The molecule has 0 atom stereocenters. The zero-order valence-corrected chi connectivity index (χ0v) is 16.4. The predicted octanol–water partition coefficient (Wildman–Crippen LogP) is 3.73. The SMILES string of the molecule is CC(C)(C)CNC(=O)c1ccc(C(=O)Nc2ccc(CCC(=O)O)cc2)cc1. The van der Waals surface area contributed by atoms with E-state index in [1.807, 2.05) is 20.8 Å². The van der Waals surface area contributed by atoms with Crippen LogP contribution >= 0.6 is 0 Å². The van der Waals surface area contributed by atoms with Gasteiger partial charge in [0.1, 0.15) is 0 Å². The molecule has 0 saturated heterocycles. The molecule has 0 unspecified atom stereocenters. The number of aryl methyl sites for hydroxylation is 1. The molecule has 0 spiro atoms. The summed E-state index contributed by atoms with van der Waals surface area (Å²) in [6, 6.07) is 13.5. The number of aliphatic carboxylic acids is 1. The number of nitrogens with one attached hydrogen (secondary N) is 2. The van der Waals surface area contributed by atoms with Gasteiger partial charge >= 0.3 is 5.97 Å². The fourth-order valence-electron chi connectivity index (χ4n) is 2.43. The van der Waals surface area contributed by atoms with Gasteiger partial charge < -0.3 is 15.7 Å². The lowest BCUT2D eigenvalue weighted by atomic mass is 9.97. The molecular weight excluding hydrogens is 356 g/mol. The Hall–Kier alpha value is -3.15.